The number of rotatable bonds is 2. The third-order valence-corrected chi connectivity index (χ3v) is 3.13. The van der Waals surface area contributed by atoms with E-state index in [1.54, 1.807) is 0 Å². The van der Waals surface area contributed by atoms with Gasteiger partial charge in [-0.25, -0.2) is 8.78 Å². The summed E-state index contributed by atoms with van der Waals surface area (Å²) in [6, 6.07) is 7.78. The van der Waals surface area contributed by atoms with E-state index in [4.69, 9.17) is 5.73 Å². The smallest absolute Gasteiger partial charge is 0.257 e. The van der Waals surface area contributed by atoms with Gasteiger partial charge in [-0.15, -0.1) is 0 Å². The first kappa shape index (κ1) is 13.5. The predicted molar refractivity (Wildman–Crippen MR) is 72.9 cm³/mol. The molecule has 98 valence electrons. The SMILES string of the molecule is Nc1c(F)cccc1C(=O)Nc1ccc(F)cc1Br. The number of amides is 1. The normalized spacial score (nSPS) is 10.3. The number of nitrogen functional groups attached to an aromatic ring is 1. The number of hydrogen-bond donors (Lipinski definition) is 2. The van der Waals surface area contributed by atoms with Crippen LogP contribution >= 0.6 is 15.9 Å². The van der Waals surface area contributed by atoms with Crippen molar-refractivity contribution in [3.63, 3.8) is 0 Å². The Balaban J connectivity index is 2.28. The highest BCUT2D eigenvalue weighted by atomic mass is 79.9. The predicted octanol–water partition coefficient (Wildman–Crippen LogP) is 3.56. The van der Waals surface area contributed by atoms with Crippen LogP contribution in [0.15, 0.2) is 40.9 Å². The van der Waals surface area contributed by atoms with Gasteiger partial charge in [-0.05, 0) is 46.3 Å². The largest absolute Gasteiger partial charge is 0.396 e. The molecule has 0 aliphatic rings. The van der Waals surface area contributed by atoms with Crippen LogP contribution in [0.2, 0.25) is 0 Å². The van der Waals surface area contributed by atoms with Crippen LogP contribution in [0.4, 0.5) is 20.2 Å². The molecule has 0 aliphatic carbocycles. The zero-order chi connectivity index (χ0) is 14.0. The minimum atomic E-state index is -0.661. The highest BCUT2D eigenvalue weighted by molar-refractivity contribution is 9.10. The Morgan fingerprint density at radius 1 is 1.21 bits per heavy atom. The van der Waals surface area contributed by atoms with Crippen molar-refractivity contribution in [1.82, 2.24) is 0 Å². The first-order valence-corrected chi connectivity index (χ1v) is 6.08. The molecule has 0 saturated heterocycles. The first-order chi connectivity index (χ1) is 8.99. The second kappa shape index (κ2) is 5.36. The summed E-state index contributed by atoms with van der Waals surface area (Å²) >= 11 is 3.12. The van der Waals surface area contributed by atoms with Crippen LogP contribution in [0, 0.1) is 11.6 Å². The number of hydrogen-bond acceptors (Lipinski definition) is 2. The molecule has 2 rings (SSSR count). The van der Waals surface area contributed by atoms with Gasteiger partial charge < -0.3 is 11.1 Å². The maximum Gasteiger partial charge on any atom is 0.257 e. The maximum absolute atomic E-state index is 13.2. The zero-order valence-electron chi connectivity index (χ0n) is 9.58. The summed E-state index contributed by atoms with van der Waals surface area (Å²) < 4.78 is 26.5. The molecule has 3 nitrogen and oxygen atoms in total. The number of nitrogens with one attached hydrogen (secondary N) is 1. The average Bonchev–Trinajstić information content (AvgIpc) is 2.36. The number of benzene rings is 2. The number of nitrogens with two attached hydrogens (primary N) is 1. The molecule has 0 saturated carbocycles. The summed E-state index contributed by atoms with van der Waals surface area (Å²) in [4.78, 5) is 12.0. The molecule has 2 aromatic rings. The third-order valence-electron chi connectivity index (χ3n) is 2.48. The van der Waals surface area contributed by atoms with Gasteiger partial charge in [0.2, 0.25) is 0 Å². The van der Waals surface area contributed by atoms with Crippen molar-refractivity contribution in [3.8, 4) is 0 Å². The number of carbonyl (C=O) groups excluding carboxylic acids is 1. The van der Waals surface area contributed by atoms with Gasteiger partial charge in [-0.3, -0.25) is 4.79 Å². The molecular formula is C13H9BrF2N2O. The van der Waals surface area contributed by atoms with Crippen LogP contribution in [0.25, 0.3) is 0 Å². The van der Waals surface area contributed by atoms with Crippen molar-refractivity contribution in [2.24, 2.45) is 0 Å². The van der Waals surface area contributed by atoms with Crippen molar-refractivity contribution in [3.05, 3.63) is 58.1 Å². The van der Waals surface area contributed by atoms with Gasteiger partial charge in [-0.1, -0.05) is 6.07 Å². The lowest BCUT2D eigenvalue weighted by atomic mass is 10.1. The van der Waals surface area contributed by atoms with Gasteiger partial charge in [0.1, 0.15) is 11.6 Å². The Bertz CT molecular complexity index is 647. The molecule has 0 aromatic heterocycles. The lowest BCUT2D eigenvalue weighted by Crippen LogP contribution is -2.15. The molecule has 0 heterocycles. The molecule has 0 unspecified atom stereocenters. The van der Waals surface area contributed by atoms with E-state index < -0.39 is 17.5 Å². The lowest BCUT2D eigenvalue weighted by molar-refractivity contribution is 0.102. The fourth-order valence-electron chi connectivity index (χ4n) is 1.52. The Labute approximate surface area is 116 Å². The van der Waals surface area contributed by atoms with E-state index in [9.17, 15) is 13.6 Å². The van der Waals surface area contributed by atoms with Crippen LogP contribution < -0.4 is 11.1 Å². The Morgan fingerprint density at radius 3 is 2.63 bits per heavy atom. The summed E-state index contributed by atoms with van der Waals surface area (Å²) in [5.74, 6) is -1.66. The van der Waals surface area contributed by atoms with E-state index in [0.717, 1.165) is 0 Å². The summed E-state index contributed by atoms with van der Waals surface area (Å²) in [6.07, 6.45) is 0. The molecule has 0 bridgehead atoms. The molecule has 1 amide bonds. The van der Waals surface area contributed by atoms with Gasteiger partial charge in [0, 0.05) is 4.47 Å². The average molecular weight is 327 g/mol. The molecule has 19 heavy (non-hydrogen) atoms. The second-order valence-corrected chi connectivity index (χ2v) is 4.63. The van der Waals surface area contributed by atoms with Crippen molar-refractivity contribution in [2.45, 2.75) is 0 Å². The monoisotopic (exact) mass is 326 g/mol. The van der Waals surface area contributed by atoms with Crippen LogP contribution in [0.1, 0.15) is 10.4 Å². The minimum Gasteiger partial charge on any atom is -0.396 e. The Hall–Kier alpha value is -1.95. The highest BCUT2D eigenvalue weighted by Gasteiger charge is 2.14. The minimum absolute atomic E-state index is 0.0243. The number of halogens is 3. The third kappa shape index (κ3) is 2.90. The molecule has 3 N–H and O–H groups in total. The molecule has 6 heteroatoms. The Kier molecular flexibility index (Phi) is 3.80. The quantitative estimate of drug-likeness (QED) is 0.829. The molecule has 0 fully saturated rings. The number of carbonyl (C=O) groups is 1. The topological polar surface area (TPSA) is 55.1 Å². The first-order valence-electron chi connectivity index (χ1n) is 5.29. The summed E-state index contributed by atoms with van der Waals surface area (Å²) in [5, 5.41) is 2.52. The molecular weight excluding hydrogens is 318 g/mol. The van der Waals surface area contributed by atoms with Crippen LogP contribution in [0.3, 0.4) is 0 Å². The van der Waals surface area contributed by atoms with Gasteiger partial charge in [-0.2, -0.15) is 0 Å². The second-order valence-electron chi connectivity index (χ2n) is 3.78. The van der Waals surface area contributed by atoms with E-state index >= 15 is 0 Å². The van der Waals surface area contributed by atoms with E-state index in [1.807, 2.05) is 0 Å². The van der Waals surface area contributed by atoms with Crippen molar-refractivity contribution < 1.29 is 13.6 Å². The van der Waals surface area contributed by atoms with Gasteiger partial charge >= 0.3 is 0 Å². The number of anilines is 2. The van der Waals surface area contributed by atoms with Gasteiger partial charge in [0.25, 0.3) is 5.91 Å². The molecule has 0 radical (unpaired) electrons. The van der Waals surface area contributed by atoms with E-state index in [0.29, 0.717) is 10.2 Å². The summed E-state index contributed by atoms with van der Waals surface area (Å²) in [6.45, 7) is 0. The fourth-order valence-corrected chi connectivity index (χ4v) is 1.97. The fraction of sp³-hybridized carbons (Fsp3) is 0. The van der Waals surface area contributed by atoms with E-state index in [1.165, 1.54) is 36.4 Å². The van der Waals surface area contributed by atoms with Gasteiger partial charge in [0.05, 0.1) is 16.9 Å². The van der Waals surface area contributed by atoms with E-state index in [-0.39, 0.29) is 11.3 Å². The van der Waals surface area contributed by atoms with Gasteiger partial charge in [0.15, 0.2) is 0 Å². The van der Waals surface area contributed by atoms with Crippen molar-refractivity contribution in [2.75, 3.05) is 11.1 Å². The molecule has 2 aromatic carbocycles. The molecule has 0 atom stereocenters. The standard InChI is InChI=1S/C13H9BrF2N2O/c14-9-6-7(15)4-5-11(9)18-13(19)8-2-1-3-10(16)12(8)17/h1-6H,17H2,(H,18,19). The van der Waals surface area contributed by atoms with E-state index in [2.05, 4.69) is 21.2 Å². The zero-order valence-corrected chi connectivity index (χ0v) is 11.2. The highest BCUT2D eigenvalue weighted by Crippen LogP contribution is 2.24. The van der Waals surface area contributed by atoms with Crippen LogP contribution in [-0.4, -0.2) is 5.91 Å². The van der Waals surface area contributed by atoms with Crippen molar-refractivity contribution in [1.29, 1.82) is 0 Å². The van der Waals surface area contributed by atoms with Crippen LogP contribution in [-0.2, 0) is 0 Å². The van der Waals surface area contributed by atoms with Crippen LogP contribution in [0.5, 0.6) is 0 Å². The Morgan fingerprint density at radius 2 is 1.95 bits per heavy atom. The summed E-state index contributed by atoms with van der Waals surface area (Å²) in [5.41, 5.74) is 5.66. The van der Waals surface area contributed by atoms with Crippen molar-refractivity contribution >= 4 is 33.2 Å². The molecule has 0 spiro atoms. The maximum atomic E-state index is 13.2. The lowest BCUT2D eigenvalue weighted by Gasteiger charge is -2.09. The molecule has 0 aliphatic heterocycles. The number of para-hydroxylation sites is 1. The summed E-state index contributed by atoms with van der Waals surface area (Å²) in [7, 11) is 0.